The molecule has 1 N–H and O–H groups in total. The van der Waals surface area contributed by atoms with Crippen LogP contribution < -0.4 is 10.1 Å². The topological polar surface area (TPSA) is 58.6 Å². The van der Waals surface area contributed by atoms with Gasteiger partial charge in [-0.3, -0.25) is 9.59 Å². The number of amides is 2. The minimum absolute atomic E-state index is 0.103. The molecule has 34 heavy (non-hydrogen) atoms. The molecule has 4 rings (SSSR count). The highest BCUT2D eigenvalue weighted by molar-refractivity contribution is 6.05. The van der Waals surface area contributed by atoms with Gasteiger partial charge in [0.05, 0.1) is 7.11 Å². The van der Waals surface area contributed by atoms with E-state index in [1.165, 1.54) is 0 Å². The Balaban J connectivity index is 1.53. The molecule has 4 aromatic carbocycles. The van der Waals surface area contributed by atoms with Gasteiger partial charge in [-0.25, -0.2) is 0 Å². The highest BCUT2D eigenvalue weighted by atomic mass is 16.5. The van der Waals surface area contributed by atoms with Gasteiger partial charge in [-0.05, 0) is 53.6 Å². The lowest BCUT2D eigenvalue weighted by atomic mass is 10.1. The van der Waals surface area contributed by atoms with Crippen LogP contribution in [-0.4, -0.2) is 23.8 Å². The first-order valence-electron chi connectivity index (χ1n) is 11.0. The zero-order valence-electron chi connectivity index (χ0n) is 19.0. The first kappa shape index (κ1) is 22.8. The van der Waals surface area contributed by atoms with E-state index in [0.29, 0.717) is 35.7 Å². The molecule has 0 aliphatic carbocycles. The fourth-order valence-corrected chi connectivity index (χ4v) is 3.67. The van der Waals surface area contributed by atoms with Crippen molar-refractivity contribution < 1.29 is 14.3 Å². The van der Waals surface area contributed by atoms with Crippen molar-refractivity contribution in [1.82, 2.24) is 4.90 Å². The lowest BCUT2D eigenvalue weighted by Crippen LogP contribution is -2.30. The second-order valence-electron chi connectivity index (χ2n) is 7.90. The quantitative estimate of drug-likeness (QED) is 0.370. The van der Waals surface area contributed by atoms with Gasteiger partial charge >= 0.3 is 0 Å². The van der Waals surface area contributed by atoms with E-state index in [4.69, 9.17) is 4.74 Å². The van der Waals surface area contributed by atoms with Crippen molar-refractivity contribution in [2.45, 2.75) is 13.1 Å². The van der Waals surface area contributed by atoms with Crippen LogP contribution in [0.3, 0.4) is 0 Å². The minimum Gasteiger partial charge on any atom is -0.497 e. The zero-order valence-corrected chi connectivity index (χ0v) is 19.0. The van der Waals surface area contributed by atoms with Crippen molar-refractivity contribution in [3.63, 3.8) is 0 Å². The number of carbonyl (C=O) groups excluding carboxylic acids is 2. The van der Waals surface area contributed by atoms with Gasteiger partial charge in [0.1, 0.15) is 5.75 Å². The minimum atomic E-state index is -0.252. The summed E-state index contributed by atoms with van der Waals surface area (Å²) in [5, 5.41) is 2.88. The van der Waals surface area contributed by atoms with Crippen molar-refractivity contribution in [1.29, 1.82) is 0 Å². The van der Waals surface area contributed by atoms with Crippen LogP contribution in [0.2, 0.25) is 0 Å². The first-order chi connectivity index (χ1) is 16.6. The van der Waals surface area contributed by atoms with Crippen LogP contribution in [0.25, 0.3) is 0 Å². The monoisotopic (exact) mass is 450 g/mol. The van der Waals surface area contributed by atoms with Gasteiger partial charge in [0, 0.05) is 29.9 Å². The molecule has 0 atom stereocenters. The maximum atomic E-state index is 13.5. The molecule has 2 amide bonds. The molecular formula is C29H26N2O3. The fourth-order valence-electron chi connectivity index (χ4n) is 3.67. The zero-order chi connectivity index (χ0) is 23.8. The van der Waals surface area contributed by atoms with E-state index in [2.05, 4.69) is 5.32 Å². The summed E-state index contributed by atoms with van der Waals surface area (Å²) >= 11 is 0. The summed E-state index contributed by atoms with van der Waals surface area (Å²) in [6.07, 6.45) is 0. The Morgan fingerprint density at radius 2 is 1.29 bits per heavy atom. The van der Waals surface area contributed by atoms with E-state index in [0.717, 1.165) is 11.1 Å². The van der Waals surface area contributed by atoms with Crippen LogP contribution in [0, 0.1) is 0 Å². The summed E-state index contributed by atoms with van der Waals surface area (Å²) in [4.78, 5) is 28.0. The van der Waals surface area contributed by atoms with Crippen molar-refractivity contribution in [2.75, 3.05) is 12.4 Å². The number of benzene rings is 4. The Labute approximate surface area is 199 Å². The normalized spacial score (nSPS) is 10.4. The van der Waals surface area contributed by atoms with Gasteiger partial charge < -0.3 is 15.0 Å². The van der Waals surface area contributed by atoms with Crippen LogP contribution in [0.1, 0.15) is 31.8 Å². The average molecular weight is 451 g/mol. The third kappa shape index (κ3) is 5.90. The summed E-state index contributed by atoms with van der Waals surface area (Å²) in [7, 11) is 1.58. The molecule has 0 bridgehead atoms. The van der Waals surface area contributed by atoms with Gasteiger partial charge in [0.2, 0.25) is 0 Å². The predicted molar refractivity (Wildman–Crippen MR) is 134 cm³/mol. The number of nitrogens with zero attached hydrogens (tertiary/aromatic N) is 1. The summed E-state index contributed by atoms with van der Waals surface area (Å²) in [5.41, 5.74) is 3.68. The molecule has 0 fully saturated rings. The molecule has 0 saturated carbocycles. The standard InChI is InChI=1S/C29H26N2O3/c1-34-27-17-15-24(16-18-27)28(32)30-26-14-8-13-25(19-26)29(33)31(20-22-9-4-2-5-10-22)21-23-11-6-3-7-12-23/h2-19H,20-21H2,1H3,(H,30,32). The second kappa shape index (κ2) is 11.0. The summed E-state index contributed by atoms with van der Waals surface area (Å²) in [5.74, 6) is 0.326. The number of hydrogen-bond donors (Lipinski definition) is 1. The van der Waals surface area contributed by atoms with Crippen molar-refractivity contribution >= 4 is 17.5 Å². The average Bonchev–Trinajstić information content (AvgIpc) is 2.89. The number of methoxy groups -OCH3 is 1. The maximum absolute atomic E-state index is 13.5. The molecule has 0 spiro atoms. The maximum Gasteiger partial charge on any atom is 0.255 e. The fraction of sp³-hybridized carbons (Fsp3) is 0.103. The third-order valence-electron chi connectivity index (χ3n) is 5.44. The molecule has 0 aliphatic heterocycles. The second-order valence-corrected chi connectivity index (χ2v) is 7.90. The van der Waals surface area contributed by atoms with Crippen molar-refractivity contribution in [3.8, 4) is 5.75 Å². The smallest absolute Gasteiger partial charge is 0.255 e. The van der Waals surface area contributed by atoms with Gasteiger partial charge in [-0.1, -0.05) is 66.7 Å². The Morgan fingerprint density at radius 1 is 0.706 bits per heavy atom. The van der Waals surface area contributed by atoms with E-state index in [9.17, 15) is 9.59 Å². The summed E-state index contributed by atoms with van der Waals surface area (Å²) in [6, 6.07) is 33.7. The van der Waals surface area contributed by atoms with E-state index in [1.54, 1.807) is 55.6 Å². The number of hydrogen-bond acceptors (Lipinski definition) is 3. The van der Waals surface area contributed by atoms with E-state index >= 15 is 0 Å². The van der Waals surface area contributed by atoms with Crippen LogP contribution in [-0.2, 0) is 13.1 Å². The Morgan fingerprint density at radius 3 is 1.85 bits per heavy atom. The van der Waals surface area contributed by atoms with Crippen LogP contribution in [0.4, 0.5) is 5.69 Å². The predicted octanol–water partition coefficient (Wildman–Crippen LogP) is 5.79. The molecule has 5 nitrogen and oxygen atoms in total. The Hall–Kier alpha value is -4.38. The first-order valence-corrected chi connectivity index (χ1v) is 11.0. The molecule has 0 unspecified atom stereocenters. The molecule has 0 radical (unpaired) electrons. The van der Waals surface area contributed by atoms with E-state index in [1.807, 2.05) is 65.6 Å². The largest absolute Gasteiger partial charge is 0.497 e. The molecule has 0 heterocycles. The van der Waals surface area contributed by atoms with Gasteiger partial charge in [-0.15, -0.1) is 0 Å². The van der Waals surface area contributed by atoms with Crippen molar-refractivity contribution in [3.05, 3.63) is 131 Å². The molecule has 5 heteroatoms. The van der Waals surface area contributed by atoms with Crippen LogP contribution in [0.5, 0.6) is 5.75 Å². The molecule has 0 saturated heterocycles. The van der Waals surface area contributed by atoms with E-state index in [-0.39, 0.29) is 11.8 Å². The molecular weight excluding hydrogens is 424 g/mol. The molecule has 0 aromatic heterocycles. The molecule has 4 aromatic rings. The Kier molecular flexibility index (Phi) is 7.35. The number of carbonyl (C=O) groups is 2. The molecule has 170 valence electrons. The molecule has 0 aliphatic rings. The number of rotatable bonds is 8. The van der Waals surface area contributed by atoms with Gasteiger partial charge in [0.25, 0.3) is 11.8 Å². The highest BCUT2D eigenvalue weighted by Gasteiger charge is 2.18. The van der Waals surface area contributed by atoms with Gasteiger partial charge in [-0.2, -0.15) is 0 Å². The number of nitrogens with one attached hydrogen (secondary N) is 1. The van der Waals surface area contributed by atoms with E-state index < -0.39 is 0 Å². The lowest BCUT2D eigenvalue weighted by Gasteiger charge is -2.23. The Bertz CT molecular complexity index is 1200. The lowest BCUT2D eigenvalue weighted by molar-refractivity contribution is 0.0729. The summed E-state index contributed by atoms with van der Waals surface area (Å²) in [6.45, 7) is 0.966. The number of ether oxygens (including phenoxy) is 1. The van der Waals surface area contributed by atoms with Crippen LogP contribution in [0.15, 0.2) is 109 Å². The highest BCUT2D eigenvalue weighted by Crippen LogP contribution is 2.19. The summed E-state index contributed by atoms with van der Waals surface area (Å²) < 4.78 is 5.14. The van der Waals surface area contributed by atoms with Crippen molar-refractivity contribution in [2.24, 2.45) is 0 Å². The van der Waals surface area contributed by atoms with Gasteiger partial charge in [0.15, 0.2) is 0 Å². The third-order valence-corrected chi connectivity index (χ3v) is 5.44. The number of anilines is 1. The van der Waals surface area contributed by atoms with Crippen LogP contribution >= 0.6 is 0 Å². The SMILES string of the molecule is COc1ccc(C(=O)Nc2cccc(C(=O)N(Cc3ccccc3)Cc3ccccc3)c2)cc1.